The summed E-state index contributed by atoms with van der Waals surface area (Å²) in [5, 5.41) is 4.39. The molecular weight excluding hydrogens is 308 g/mol. The zero-order valence-electron chi connectivity index (χ0n) is 13.1. The molecule has 5 nitrogen and oxygen atoms in total. The third kappa shape index (κ3) is 3.42. The van der Waals surface area contributed by atoms with E-state index in [0.717, 1.165) is 30.5 Å². The van der Waals surface area contributed by atoms with Crippen molar-refractivity contribution in [2.75, 3.05) is 13.1 Å². The normalized spacial score (nSPS) is 18.0. The lowest BCUT2D eigenvalue weighted by atomic mass is 10.0. The monoisotopic (exact) mass is 328 g/mol. The van der Waals surface area contributed by atoms with Crippen LogP contribution in [0.1, 0.15) is 40.4 Å². The maximum Gasteiger partial charge on any atom is 0.253 e. The van der Waals surface area contributed by atoms with Gasteiger partial charge >= 0.3 is 0 Å². The Hall–Kier alpha value is -2.21. The van der Waals surface area contributed by atoms with Crippen molar-refractivity contribution in [2.24, 2.45) is 5.73 Å². The number of carbonyl (C=O) groups excluding carboxylic acids is 1. The van der Waals surface area contributed by atoms with Crippen molar-refractivity contribution < 1.29 is 4.79 Å². The van der Waals surface area contributed by atoms with Crippen LogP contribution in [0, 0.1) is 6.92 Å². The second-order valence-electron chi connectivity index (χ2n) is 5.99. The van der Waals surface area contributed by atoms with E-state index in [4.69, 9.17) is 18.0 Å². The van der Waals surface area contributed by atoms with E-state index in [0.29, 0.717) is 17.1 Å². The first-order valence-corrected chi connectivity index (χ1v) is 8.15. The highest BCUT2D eigenvalue weighted by Gasteiger charge is 2.25. The number of amides is 1. The van der Waals surface area contributed by atoms with E-state index in [1.165, 1.54) is 0 Å². The van der Waals surface area contributed by atoms with Crippen LogP contribution < -0.4 is 5.73 Å². The summed E-state index contributed by atoms with van der Waals surface area (Å²) in [7, 11) is 0. The van der Waals surface area contributed by atoms with E-state index in [1.807, 2.05) is 28.9 Å². The van der Waals surface area contributed by atoms with E-state index in [1.54, 1.807) is 24.3 Å². The summed E-state index contributed by atoms with van der Waals surface area (Å²) in [6.07, 6.45) is 5.93. The number of aromatic nitrogens is 2. The minimum absolute atomic E-state index is 0.0491. The number of nitrogens with two attached hydrogens (primary N) is 1. The predicted octanol–water partition coefficient (Wildman–Crippen LogP) is 2.30. The van der Waals surface area contributed by atoms with Crippen LogP contribution in [0.3, 0.4) is 0 Å². The van der Waals surface area contributed by atoms with Gasteiger partial charge in [0.2, 0.25) is 0 Å². The van der Waals surface area contributed by atoms with Gasteiger partial charge in [0.05, 0.1) is 12.2 Å². The van der Waals surface area contributed by atoms with Gasteiger partial charge in [-0.3, -0.25) is 9.48 Å². The van der Waals surface area contributed by atoms with E-state index >= 15 is 0 Å². The fourth-order valence-corrected chi connectivity index (χ4v) is 3.08. The zero-order valence-corrected chi connectivity index (χ0v) is 13.9. The molecule has 1 fully saturated rings. The molecule has 0 aliphatic carbocycles. The third-order valence-corrected chi connectivity index (χ3v) is 4.44. The Labute approximate surface area is 141 Å². The number of benzene rings is 1. The number of thiocarbonyl (C=S) groups is 1. The van der Waals surface area contributed by atoms with Gasteiger partial charge in [-0.1, -0.05) is 24.4 Å². The first-order valence-electron chi connectivity index (χ1n) is 7.74. The number of hydrogen-bond donors (Lipinski definition) is 1. The van der Waals surface area contributed by atoms with Crippen molar-refractivity contribution in [1.29, 1.82) is 0 Å². The number of rotatable bonds is 3. The second-order valence-corrected chi connectivity index (χ2v) is 6.43. The van der Waals surface area contributed by atoms with Crippen LogP contribution in [-0.4, -0.2) is 38.7 Å². The van der Waals surface area contributed by atoms with Gasteiger partial charge in [-0.15, -0.1) is 0 Å². The van der Waals surface area contributed by atoms with Crippen LogP contribution in [-0.2, 0) is 0 Å². The van der Waals surface area contributed by atoms with Gasteiger partial charge in [0, 0.05) is 30.4 Å². The molecule has 1 saturated heterocycles. The van der Waals surface area contributed by atoms with Crippen LogP contribution >= 0.6 is 12.2 Å². The van der Waals surface area contributed by atoms with E-state index < -0.39 is 0 Å². The van der Waals surface area contributed by atoms with Crippen LogP contribution in [0.2, 0.25) is 0 Å². The second kappa shape index (κ2) is 6.50. The van der Waals surface area contributed by atoms with Crippen molar-refractivity contribution in [3.8, 4) is 0 Å². The Morgan fingerprint density at radius 3 is 2.61 bits per heavy atom. The number of nitrogens with zero attached hydrogens (tertiary/aromatic N) is 3. The molecule has 0 unspecified atom stereocenters. The lowest BCUT2D eigenvalue weighted by Gasteiger charge is -2.33. The standard InChI is InChI=1S/C17H20N4OS/c1-12-9-19-21(10-12)15-3-2-8-20(11-15)17(22)14-6-4-13(5-7-14)16(18)23/h4-7,9-10,15H,2-3,8,11H2,1H3,(H2,18,23)/t15-/m0/s1. The maximum absolute atomic E-state index is 12.7. The van der Waals surface area contributed by atoms with Gasteiger partial charge in [0.25, 0.3) is 5.91 Å². The fraction of sp³-hybridized carbons (Fsp3) is 0.353. The number of likely N-dealkylation sites (tertiary alicyclic amines) is 1. The molecule has 2 heterocycles. The van der Waals surface area contributed by atoms with Gasteiger partial charge in [-0.2, -0.15) is 5.10 Å². The fourth-order valence-electron chi connectivity index (χ4n) is 2.95. The topological polar surface area (TPSA) is 64.2 Å². The lowest BCUT2D eigenvalue weighted by molar-refractivity contribution is 0.0673. The minimum Gasteiger partial charge on any atom is -0.389 e. The molecule has 1 aliphatic rings. The maximum atomic E-state index is 12.7. The zero-order chi connectivity index (χ0) is 16.4. The summed E-state index contributed by atoms with van der Waals surface area (Å²) >= 11 is 4.94. The highest BCUT2D eigenvalue weighted by Crippen LogP contribution is 2.22. The Balaban J connectivity index is 1.72. The van der Waals surface area contributed by atoms with Crippen LogP contribution in [0.25, 0.3) is 0 Å². The number of aryl methyl sites for hydroxylation is 1. The Morgan fingerprint density at radius 2 is 2.00 bits per heavy atom. The van der Waals surface area contributed by atoms with E-state index in [-0.39, 0.29) is 11.9 Å². The summed E-state index contributed by atoms with van der Waals surface area (Å²) in [6, 6.07) is 7.43. The molecule has 0 spiro atoms. The quantitative estimate of drug-likeness (QED) is 0.878. The minimum atomic E-state index is 0.0491. The van der Waals surface area contributed by atoms with Crippen LogP contribution in [0.5, 0.6) is 0 Å². The van der Waals surface area contributed by atoms with E-state index in [2.05, 4.69) is 5.10 Å². The summed E-state index contributed by atoms with van der Waals surface area (Å²) in [5.41, 5.74) is 8.18. The number of piperidine rings is 1. The molecule has 0 radical (unpaired) electrons. The molecule has 6 heteroatoms. The Morgan fingerprint density at radius 1 is 1.30 bits per heavy atom. The molecular formula is C17H20N4OS. The molecule has 23 heavy (non-hydrogen) atoms. The highest BCUT2D eigenvalue weighted by atomic mass is 32.1. The molecule has 1 aromatic carbocycles. The first kappa shape index (κ1) is 15.7. The molecule has 0 saturated carbocycles. The first-order chi connectivity index (χ1) is 11.0. The molecule has 1 aliphatic heterocycles. The molecule has 1 aromatic heterocycles. The summed E-state index contributed by atoms with van der Waals surface area (Å²) in [5.74, 6) is 0.0491. The van der Waals surface area contributed by atoms with Gasteiger partial charge in [-0.25, -0.2) is 0 Å². The van der Waals surface area contributed by atoms with Crippen molar-refractivity contribution in [3.63, 3.8) is 0 Å². The Kier molecular flexibility index (Phi) is 4.43. The summed E-state index contributed by atoms with van der Waals surface area (Å²) in [4.78, 5) is 14.9. The Bertz CT molecular complexity index is 722. The number of hydrogen-bond acceptors (Lipinski definition) is 3. The molecule has 1 atom stereocenters. The average Bonchev–Trinajstić information content (AvgIpc) is 3.01. The van der Waals surface area contributed by atoms with E-state index in [9.17, 15) is 4.79 Å². The van der Waals surface area contributed by atoms with Crippen LogP contribution in [0.4, 0.5) is 0 Å². The van der Waals surface area contributed by atoms with Crippen LogP contribution in [0.15, 0.2) is 36.7 Å². The lowest BCUT2D eigenvalue weighted by Crippen LogP contribution is -2.40. The average molecular weight is 328 g/mol. The van der Waals surface area contributed by atoms with Gasteiger partial charge in [0.15, 0.2) is 0 Å². The third-order valence-electron chi connectivity index (χ3n) is 4.20. The predicted molar refractivity (Wildman–Crippen MR) is 93.5 cm³/mol. The SMILES string of the molecule is Cc1cnn([C@H]2CCCN(C(=O)c3ccc(C(N)=S)cc3)C2)c1. The highest BCUT2D eigenvalue weighted by molar-refractivity contribution is 7.80. The van der Waals surface area contributed by atoms with Gasteiger partial charge in [-0.05, 0) is 37.5 Å². The van der Waals surface area contributed by atoms with Crippen molar-refractivity contribution in [1.82, 2.24) is 14.7 Å². The number of carbonyl (C=O) groups is 1. The largest absolute Gasteiger partial charge is 0.389 e. The summed E-state index contributed by atoms with van der Waals surface area (Å²) in [6.45, 7) is 3.50. The molecule has 1 amide bonds. The van der Waals surface area contributed by atoms with Gasteiger partial charge in [0.1, 0.15) is 4.99 Å². The smallest absolute Gasteiger partial charge is 0.253 e. The van der Waals surface area contributed by atoms with Crippen molar-refractivity contribution in [2.45, 2.75) is 25.8 Å². The molecule has 2 N–H and O–H groups in total. The van der Waals surface area contributed by atoms with Gasteiger partial charge < -0.3 is 10.6 Å². The molecule has 3 rings (SSSR count). The van der Waals surface area contributed by atoms with Crippen molar-refractivity contribution in [3.05, 3.63) is 53.3 Å². The summed E-state index contributed by atoms with van der Waals surface area (Å²) < 4.78 is 1.98. The molecule has 2 aromatic rings. The molecule has 0 bridgehead atoms. The van der Waals surface area contributed by atoms with Crippen molar-refractivity contribution >= 4 is 23.1 Å². The molecule has 120 valence electrons.